The van der Waals surface area contributed by atoms with Gasteiger partial charge in [-0.25, -0.2) is 0 Å². The average Bonchev–Trinajstić information content (AvgIpc) is 3.18. The molecule has 4 heteroatoms. The Morgan fingerprint density at radius 2 is 1.64 bits per heavy atom. The highest BCUT2D eigenvalue weighted by Crippen LogP contribution is 2.30. The number of nitrogens with zero attached hydrogens (tertiary/aromatic N) is 3. The quantitative estimate of drug-likeness (QED) is 0.569. The third-order valence-corrected chi connectivity index (χ3v) is 5.41. The molecule has 5 rings (SSSR count). The second kappa shape index (κ2) is 7.41. The van der Waals surface area contributed by atoms with Crippen molar-refractivity contribution >= 4 is 0 Å². The maximum atomic E-state index is 4.65. The van der Waals surface area contributed by atoms with Crippen molar-refractivity contribution in [2.75, 3.05) is 6.54 Å². The first-order valence-electron chi connectivity index (χ1n) is 9.70. The van der Waals surface area contributed by atoms with Crippen LogP contribution in [0.1, 0.15) is 16.8 Å². The number of rotatable bonds is 4. The second-order valence-corrected chi connectivity index (χ2v) is 7.29. The molecule has 2 aromatic carbocycles. The maximum Gasteiger partial charge on any atom is 0.0968 e. The maximum absolute atomic E-state index is 4.65. The second-order valence-electron chi connectivity index (χ2n) is 7.29. The first-order chi connectivity index (χ1) is 13.9. The zero-order valence-corrected chi connectivity index (χ0v) is 15.7. The summed E-state index contributed by atoms with van der Waals surface area (Å²) in [5.74, 6) is 0. The molecule has 1 N–H and O–H groups in total. The highest BCUT2D eigenvalue weighted by molar-refractivity contribution is 5.70. The van der Waals surface area contributed by atoms with Gasteiger partial charge in [0.05, 0.1) is 5.69 Å². The standard InChI is InChI=1S/C24H22N4/c1-2-6-19(7-3-1)20-8-10-21(11-9-20)24-22-17-28(14-12-23(22)26-27-24)16-18-5-4-13-25-15-18/h1-11,13,15H,12,14,16-17H2,(H,26,27). The Morgan fingerprint density at radius 3 is 2.43 bits per heavy atom. The van der Waals surface area contributed by atoms with Crippen molar-refractivity contribution < 1.29 is 0 Å². The van der Waals surface area contributed by atoms with Crippen molar-refractivity contribution in [2.45, 2.75) is 19.5 Å². The molecule has 4 nitrogen and oxygen atoms in total. The molecular weight excluding hydrogens is 344 g/mol. The summed E-state index contributed by atoms with van der Waals surface area (Å²) in [6.45, 7) is 2.87. The van der Waals surface area contributed by atoms with E-state index >= 15 is 0 Å². The third-order valence-electron chi connectivity index (χ3n) is 5.41. The predicted octanol–water partition coefficient (Wildman–Crippen LogP) is 4.70. The summed E-state index contributed by atoms with van der Waals surface area (Å²) in [5, 5.41) is 7.91. The molecule has 0 spiro atoms. The van der Waals surface area contributed by atoms with Crippen molar-refractivity contribution in [3.05, 3.63) is 95.9 Å². The van der Waals surface area contributed by atoms with E-state index in [9.17, 15) is 0 Å². The normalized spacial score (nSPS) is 14.0. The van der Waals surface area contributed by atoms with Crippen molar-refractivity contribution in [1.82, 2.24) is 20.1 Å². The monoisotopic (exact) mass is 366 g/mol. The molecule has 0 fully saturated rings. The Morgan fingerprint density at radius 1 is 0.857 bits per heavy atom. The van der Waals surface area contributed by atoms with Gasteiger partial charge in [-0.1, -0.05) is 60.7 Å². The zero-order valence-electron chi connectivity index (χ0n) is 15.7. The Bertz CT molecular complexity index is 1050. The van der Waals surface area contributed by atoms with Crippen LogP contribution in [0.5, 0.6) is 0 Å². The topological polar surface area (TPSA) is 44.8 Å². The van der Waals surface area contributed by atoms with Crippen molar-refractivity contribution in [1.29, 1.82) is 0 Å². The lowest BCUT2D eigenvalue weighted by Gasteiger charge is -2.27. The summed E-state index contributed by atoms with van der Waals surface area (Å²) in [4.78, 5) is 6.71. The lowest BCUT2D eigenvalue weighted by Crippen LogP contribution is -2.30. The Labute approximate surface area is 164 Å². The van der Waals surface area contributed by atoms with Gasteiger partial charge < -0.3 is 0 Å². The van der Waals surface area contributed by atoms with Crippen LogP contribution in [-0.4, -0.2) is 26.6 Å². The molecule has 0 atom stereocenters. The number of nitrogens with one attached hydrogen (secondary N) is 1. The Kier molecular flexibility index (Phi) is 4.47. The third kappa shape index (κ3) is 3.35. The molecule has 0 saturated carbocycles. The van der Waals surface area contributed by atoms with Crippen LogP contribution in [-0.2, 0) is 19.5 Å². The Balaban J connectivity index is 1.39. The van der Waals surface area contributed by atoms with Gasteiger partial charge in [0, 0.05) is 55.3 Å². The van der Waals surface area contributed by atoms with Gasteiger partial charge in [-0.3, -0.25) is 15.0 Å². The molecule has 0 unspecified atom stereocenters. The lowest BCUT2D eigenvalue weighted by molar-refractivity contribution is 0.245. The first kappa shape index (κ1) is 16.9. The first-order valence-corrected chi connectivity index (χ1v) is 9.70. The number of aromatic amines is 1. The van der Waals surface area contributed by atoms with Gasteiger partial charge in [-0.05, 0) is 22.8 Å². The minimum Gasteiger partial charge on any atom is -0.294 e. The summed E-state index contributed by atoms with van der Waals surface area (Å²) < 4.78 is 0. The van der Waals surface area contributed by atoms with Crippen LogP contribution in [0, 0.1) is 0 Å². The fourth-order valence-corrected chi connectivity index (χ4v) is 3.93. The van der Waals surface area contributed by atoms with E-state index in [0.717, 1.165) is 31.7 Å². The van der Waals surface area contributed by atoms with Crippen LogP contribution < -0.4 is 0 Å². The fourth-order valence-electron chi connectivity index (χ4n) is 3.93. The molecule has 0 amide bonds. The van der Waals surface area contributed by atoms with E-state index in [0.29, 0.717) is 0 Å². The van der Waals surface area contributed by atoms with E-state index in [2.05, 4.69) is 74.7 Å². The van der Waals surface area contributed by atoms with Gasteiger partial charge in [0.1, 0.15) is 0 Å². The van der Waals surface area contributed by atoms with E-state index in [1.807, 2.05) is 24.5 Å². The molecule has 0 aliphatic carbocycles. The molecule has 4 aromatic rings. The number of pyridine rings is 1. The molecule has 1 aliphatic heterocycles. The van der Waals surface area contributed by atoms with Gasteiger partial charge >= 0.3 is 0 Å². The molecular formula is C24H22N4. The van der Waals surface area contributed by atoms with E-state index in [4.69, 9.17) is 0 Å². The van der Waals surface area contributed by atoms with Gasteiger partial charge in [0.25, 0.3) is 0 Å². The summed E-state index contributed by atoms with van der Waals surface area (Å²) in [5.41, 5.74) is 8.55. The molecule has 28 heavy (non-hydrogen) atoms. The number of hydrogen-bond acceptors (Lipinski definition) is 3. The van der Waals surface area contributed by atoms with Crippen molar-refractivity contribution in [3.8, 4) is 22.4 Å². The average molecular weight is 366 g/mol. The van der Waals surface area contributed by atoms with Crippen LogP contribution in [0.15, 0.2) is 79.1 Å². The number of fused-ring (bicyclic) bond motifs is 1. The molecule has 1 aliphatic rings. The van der Waals surface area contributed by atoms with Crippen LogP contribution in [0.4, 0.5) is 0 Å². The fraction of sp³-hybridized carbons (Fsp3) is 0.167. The Hall–Kier alpha value is -3.24. The zero-order chi connectivity index (χ0) is 18.8. The number of H-pyrrole nitrogens is 1. The van der Waals surface area contributed by atoms with E-state index < -0.39 is 0 Å². The molecule has 0 radical (unpaired) electrons. The summed E-state index contributed by atoms with van der Waals surface area (Å²) in [7, 11) is 0. The van der Waals surface area contributed by atoms with Crippen LogP contribution in [0.2, 0.25) is 0 Å². The minimum absolute atomic E-state index is 0.913. The molecule has 0 saturated heterocycles. The lowest BCUT2D eigenvalue weighted by atomic mass is 9.98. The van der Waals surface area contributed by atoms with Crippen LogP contribution in [0.3, 0.4) is 0 Å². The van der Waals surface area contributed by atoms with Crippen molar-refractivity contribution in [2.24, 2.45) is 0 Å². The largest absolute Gasteiger partial charge is 0.294 e. The van der Waals surface area contributed by atoms with Crippen LogP contribution >= 0.6 is 0 Å². The van der Waals surface area contributed by atoms with Gasteiger partial charge in [-0.15, -0.1) is 0 Å². The summed E-state index contributed by atoms with van der Waals surface area (Å²) in [6.07, 6.45) is 4.78. The SMILES string of the molecule is c1ccc(-c2ccc(-c3n[nH]c4c3CN(Cc3cccnc3)CC4)cc2)cc1. The number of aromatic nitrogens is 3. The minimum atomic E-state index is 0.913. The number of hydrogen-bond donors (Lipinski definition) is 1. The van der Waals surface area contributed by atoms with E-state index in [-0.39, 0.29) is 0 Å². The van der Waals surface area contributed by atoms with Gasteiger partial charge in [0.15, 0.2) is 0 Å². The molecule has 138 valence electrons. The van der Waals surface area contributed by atoms with Gasteiger partial charge in [0.2, 0.25) is 0 Å². The van der Waals surface area contributed by atoms with Gasteiger partial charge in [-0.2, -0.15) is 5.10 Å². The van der Waals surface area contributed by atoms with Crippen LogP contribution in [0.25, 0.3) is 22.4 Å². The van der Waals surface area contributed by atoms with E-state index in [1.165, 1.54) is 33.5 Å². The smallest absolute Gasteiger partial charge is 0.0968 e. The summed E-state index contributed by atoms with van der Waals surface area (Å²) in [6, 6.07) is 23.3. The highest BCUT2D eigenvalue weighted by atomic mass is 15.2. The molecule has 3 heterocycles. The highest BCUT2D eigenvalue weighted by Gasteiger charge is 2.22. The van der Waals surface area contributed by atoms with Crippen molar-refractivity contribution in [3.63, 3.8) is 0 Å². The molecule has 0 bridgehead atoms. The summed E-state index contributed by atoms with van der Waals surface area (Å²) >= 11 is 0. The molecule has 2 aromatic heterocycles. The van der Waals surface area contributed by atoms with E-state index in [1.54, 1.807) is 0 Å². The number of benzene rings is 2. The predicted molar refractivity (Wildman–Crippen MR) is 112 cm³/mol.